The molecular weight excluding hydrogens is 162 g/mol. The van der Waals surface area contributed by atoms with E-state index >= 15 is 0 Å². The van der Waals surface area contributed by atoms with E-state index in [1.807, 2.05) is 0 Å². The molecule has 66 valence electrons. The van der Waals surface area contributed by atoms with Crippen LogP contribution in [0.15, 0.2) is 4.42 Å². The van der Waals surface area contributed by atoms with Crippen LogP contribution in [-0.2, 0) is 11.2 Å². The second-order valence-corrected chi connectivity index (χ2v) is 2.14. The van der Waals surface area contributed by atoms with Crippen LogP contribution in [0.3, 0.4) is 0 Å². The van der Waals surface area contributed by atoms with Gasteiger partial charge in [-0.15, -0.1) is 5.10 Å². The summed E-state index contributed by atoms with van der Waals surface area (Å²) in [7, 11) is 1.65. The summed E-state index contributed by atoms with van der Waals surface area (Å²) in [5, 5.41) is 18.2. The predicted molar refractivity (Wildman–Crippen MR) is 39.8 cm³/mol. The lowest BCUT2D eigenvalue weighted by atomic mass is 10.3. The molecule has 0 fully saturated rings. The molecule has 0 saturated carbocycles. The first-order chi connectivity index (χ1) is 5.72. The number of carboxylic acids is 1. The Balaban J connectivity index is 2.47. The van der Waals surface area contributed by atoms with Crippen LogP contribution in [0.1, 0.15) is 12.3 Å². The zero-order valence-corrected chi connectivity index (χ0v) is 6.57. The molecule has 0 aliphatic carbocycles. The van der Waals surface area contributed by atoms with Crippen molar-refractivity contribution < 1.29 is 14.3 Å². The number of nitrogens with one attached hydrogen (secondary N) is 1. The number of carbonyl (C=O) groups is 1. The highest BCUT2D eigenvalue weighted by Crippen LogP contribution is 2.05. The van der Waals surface area contributed by atoms with Gasteiger partial charge in [-0.1, -0.05) is 5.10 Å². The molecule has 1 heterocycles. The Hall–Kier alpha value is -1.59. The van der Waals surface area contributed by atoms with Crippen molar-refractivity contribution >= 4 is 12.0 Å². The van der Waals surface area contributed by atoms with Gasteiger partial charge in [-0.2, -0.15) is 0 Å². The number of anilines is 1. The summed E-state index contributed by atoms with van der Waals surface area (Å²) < 4.78 is 4.99. The Morgan fingerprint density at radius 1 is 1.67 bits per heavy atom. The fourth-order valence-electron chi connectivity index (χ4n) is 0.670. The average molecular weight is 171 g/mol. The molecule has 1 rings (SSSR count). The van der Waals surface area contributed by atoms with E-state index in [0.717, 1.165) is 0 Å². The largest absolute Gasteiger partial charge is 0.481 e. The molecule has 6 heteroatoms. The van der Waals surface area contributed by atoms with Gasteiger partial charge >= 0.3 is 12.0 Å². The van der Waals surface area contributed by atoms with E-state index in [1.165, 1.54) is 0 Å². The number of hydrogen-bond acceptors (Lipinski definition) is 5. The summed E-state index contributed by atoms with van der Waals surface area (Å²) in [6, 6.07) is 0.301. The summed E-state index contributed by atoms with van der Waals surface area (Å²) in [6.45, 7) is 0. The lowest BCUT2D eigenvalue weighted by molar-refractivity contribution is -0.137. The van der Waals surface area contributed by atoms with Crippen molar-refractivity contribution in [3.63, 3.8) is 0 Å². The summed E-state index contributed by atoms with van der Waals surface area (Å²) >= 11 is 0. The number of rotatable bonds is 4. The van der Waals surface area contributed by atoms with Crippen LogP contribution in [0, 0.1) is 0 Å². The summed E-state index contributed by atoms with van der Waals surface area (Å²) in [5.74, 6) is -0.541. The van der Waals surface area contributed by atoms with Crippen molar-refractivity contribution in [1.29, 1.82) is 0 Å². The fraction of sp³-hybridized carbons (Fsp3) is 0.500. The van der Waals surface area contributed by atoms with E-state index in [9.17, 15) is 4.79 Å². The number of hydrogen-bond donors (Lipinski definition) is 2. The van der Waals surface area contributed by atoms with Crippen molar-refractivity contribution in [2.75, 3.05) is 12.4 Å². The summed E-state index contributed by atoms with van der Waals surface area (Å²) in [4.78, 5) is 10.1. The van der Waals surface area contributed by atoms with Gasteiger partial charge in [0.05, 0.1) is 6.42 Å². The summed E-state index contributed by atoms with van der Waals surface area (Å²) in [5.41, 5.74) is 0. The number of aliphatic carboxylic acids is 1. The van der Waals surface area contributed by atoms with Gasteiger partial charge in [0.25, 0.3) is 0 Å². The van der Waals surface area contributed by atoms with Crippen molar-refractivity contribution in [1.82, 2.24) is 10.2 Å². The van der Waals surface area contributed by atoms with Crippen molar-refractivity contribution in [2.24, 2.45) is 0 Å². The highest BCUT2D eigenvalue weighted by Gasteiger charge is 2.05. The molecular formula is C6H9N3O3. The molecule has 0 spiro atoms. The van der Waals surface area contributed by atoms with Crippen molar-refractivity contribution in [2.45, 2.75) is 12.8 Å². The van der Waals surface area contributed by atoms with E-state index in [4.69, 9.17) is 9.52 Å². The molecule has 1 aromatic heterocycles. The van der Waals surface area contributed by atoms with Gasteiger partial charge in [0.2, 0.25) is 5.89 Å². The minimum absolute atomic E-state index is 0.00531. The van der Waals surface area contributed by atoms with Gasteiger partial charge < -0.3 is 14.8 Å². The molecule has 0 aliphatic rings. The fourth-order valence-corrected chi connectivity index (χ4v) is 0.670. The van der Waals surface area contributed by atoms with E-state index in [0.29, 0.717) is 11.9 Å². The highest BCUT2D eigenvalue weighted by molar-refractivity contribution is 5.66. The first-order valence-electron chi connectivity index (χ1n) is 3.44. The Morgan fingerprint density at radius 2 is 2.42 bits per heavy atom. The van der Waals surface area contributed by atoms with E-state index in [-0.39, 0.29) is 12.8 Å². The quantitative estimate of drug-likeness (QED) is 0.669. The van der Waals surface area contributed by atoms with Crippen LogP contribution in [0.2, 0.25) is 0 Å². The Morgan fingerprint density at radius 3 is 2.92 bits per heavy atom. The minimum Gasteiger partial charge on any atom is -0.481 e. The molecule has 12 heavy (non-hydrogen) atoms. The normalized spacial score (nSPS) is 9.75. The highest BCUT2D eigenvalue weighted by atomic mass is 16.4. The van der Waals surface area contributed by atoms with Crippen LogP contribution in [0.25, 0.3) is 0 Å². The third-order valence-electron chi connectivity index (χ3n) is 1.23. The Labute approximate surface area is 68.6 Å². The molecule has 0 unspecified atom stereocenters. The molecule has 0 amide bonds. The molecule has 0 aliphatic heterocycles. The monoisotopic (exact) mass is 171 g/mol. The standard InChI is InChI=1S/C6H9N3O3/c1-7-6-9-8-4(12-6)2-3-5(10)11/h2-3H2,1H3,(H,7,9)(H,10,11). The Bertz CT molecular complexity index is 271. The topological polar surface area (TPSA) is 88.2 Å². The van der Waals surface area contributed by atoms with Crippen molar-refractivity contribution in [3.05, 3.63) is 5.89 Å². The van der Waals surface area contributed by atoms with Gasteiger partial charge in [-0.3, -0.25) is 4.79 Å². The number of aromatic nitrogens is 2. The maximum atomic E-state index is 10.1. The van der Waals surface area contributed by atoms with Crippen LogP contribution in [-0.4, -0.2) is 28.3 Å². The lowest BCUT2D eigenvalue weighted by Gasteiger charge is -1.89. The minimum atomic E-state index is -0.876. The van der Waals surface area contributed by atoms with Gasteiger partial charge in [0.15, 0.2) is 0 Å². The molecule has 0 saturated heterocycles. The van der Waals surface area contributed by atoms with Gasteiger partial charge in [0, 0.05) is 13.5 Å². The van der Waals surface area contributed by atoms with E-state index < -0.39 is 5.97 Å². The van der Waals surface area contributed by atoms with Crippen LogP contribution in [0.4, 0.5) is 6.01 Å². The van der Waals surface area contributed by atoms with Gasteiger partial charge in [-0.25, -0.2) is 0 Å². The lowest BCUT2D eigenvalue weighted by Crippen LogP contribution is -1.97. The smallest absolute Gasteiger partial charge is 0.315 e. The third-order valence-corrected chi connectivity index (χ3v) is 1.23. The van der Waals surface area contributed by atoms with Crippen LogP contribution >= 0.6 is 0 Å². The first kappa shape index (κ1) is 8.51. The molecule has 0 bridgehead atoms. The van der Waals surface area contributed by atoms with E-state index in [1.54, 1.807) is 7.05 Å². The maximum absolute atomic E-state index is 10.1. The predicted octanol–water partition coefficient (Wildman–Crippen LogP) is 0.128. The van der Waals surface area contributed by atoms with Crippen LogP contribution in [0.5, 0.6) is 0 Å². The summed E-state index contributed by atoms with van der Waals surface area (Å²) in [6.07, 6.45) is 0.273. The average Bonchev–Trinajstić information content (AvgIpc) is 2.48. The molecule has 2 N–H and O–H groups in total. The molecule has 6 nitrogen and oxygen atoms in total. The maximum Gasteiger partial charge on any atom is 0.315 e. The van der Waals surface area contributed by atoms with Gasteiger partial charge in [-0.05, 0) is 0 Å². The van der Waals surface area contributed by atoms with E-state index in [2.05, 4.69) is 15.5 Å². The second kappa shape index (κ2) is 3.70. The van der Waals surface area contributed by atoms with Crippen LogP contribution < -0.4 is 5.32 Å². The molecule has 1 aromatic rings. The Kier molecular flexibility index (Phi) is 2.62. The zero-order chi connectivity index (χ0) is 8.97. The second-order valence-electron chi connectivity index (χ2n) is 2.14. The third kappa shape index (κ3) is 2.22. The molecule has 0 radical (unpaired) electrons. The van der Waals surface area contributed by atoms with Gasteiger partial charge in [0.1, 0.15) is 0 Å². The number of carboxylic acid groups (broad SMARTS) is 1. The zero-order valence-electron chi connectivity index (χ0n) is 6.57. The molecule has 0 atom stereocenters. The SMILES string of the molecule is CNc1nnc(CCC(=O)O)o1. The number of aryl methyl sites for hydroxylation is 1. The van der Waals surface area contributed by atoms with Crippen molar-refractivity contribution in [3.8, 4) is 0 Å². The number of nitrogens with zero attached hydrogens (tertiary/aromatic N) is 2. The first-order valence-corrected chi connectivity index (χ1v) is 3.44. The molecule has 0 aromatic carbocycles.